The van der Waals surface area contributed by atoms with Gasteiger partial charge in [-0.15, -0.1) is 0 Å². The zero-order chi connectivity index (χ0) is 88.9. The van der Waals surface area contributed by atoms with Gasteiger partial charge in [0.05, 0.1) is 13.3 Å². The van der Waals surface area contributed by atoms with Crippen LogP contribution in [0.4, 0.5) is 0 Å². The lowest BCUT2D eigenvalue weighted by Crippen LogP contribution is -2.75. The molecule has 0 amide bonds. The predicted octanol–water partition coefficient (Wildman–Crippen LogP) is 26.5. The second kappa shape index (κ2) is 29.5. The molecule has 21 aliphatic rings. The van der Waals surface area contributed by atoms with Crippen molar-refractivity contribution in [2.24, 2.45) is 47.3 Å². The molecule has 0 radical (unpaired) electrons. The van der Waals surface area contributed by atoms with E-state index in [0.717, 1.165) is 111 Å². The molecule has 15 aromatic rings. The average Bonchev–Trinajstić information content (AvgIpc) is 0.988. The Morgan fingerprint density at radius 3 is 0.932 bits per heavy atom. The van der Waals surface area contributed by atoms with E-state index in [1.165, 1.54) is 278 Å². The van der Waals surface area contributed by atoms with Crippen molar-refractivity contribution in [3.05, 3.63) is 238 Å². The van der Waals surface area contributed by atoms with Gasteiger partial charge in [0, 0.05) is 215 Å². The number of nitrogens with zero attached hydrogens (tertiary/aromatic N) is 7. The van der Waals surface area contributed by atoms with Crippen molar-refractivity contribution in [1.29, 1.82) is 0 Å². The Hall–Kier alpha value is -9.08. The Balaban J connectivity index is 0.0000000846. The zero-order valence-electron chi connectivity index (χ0n) is 80.3. The lowest BCUT2D eigenvalue weighted by Gasteiger charge is -2.71. The SMILES string of the molecule is Cc1ccc2c(oc3ccccc32)c1C12CC3CC(C1)C(C)(C)N(C3)C2C.Cc1ccc2c(oc3ccccc32)c1C12CC3CC(C1)C1(CCCCC1)N(C3)C2C.Cc1ccc2c(oc3ccccc32)c1C12CC3CC(CN(C3)C1C)C2.Cc1ccc2c(oc3ccccc32)c1C12CC3CN(CN(C3)C1C)C2.Cc1ccc2c(oc3ccccc32)c1C12CC3CN(CN(C3)C1C)C2. The van der Waals surface area contributed by atoms with Gasteiger partial charge < -0.3 is 22.1 Å². The largest absolute Gasteiger partial charge is 0.456 e. The molecule has 23 unspecified atom stereocenters. The van der Waals surface area contributed by atoms with Gasteiger partial charge in [-0.05, 0) is 272 Å². The maximum absolute atomic E-state index is 6.62. The van der Waals surface area contributed by atoms with Crippen molar-refractivity contribution >= 4 is 110 Å². The molecule has 12 heteroatoms. The average molecular weight is 1760 g/mol. The van der Waals surface area contributed by atoms with E-state index in [2.05, 4.69) is 299 Å². The van der Waals surface area contributed by atoms with Crippen LogP contribution in [0, 0.1) is 82.0 Å². The summed E-state index contributed by atoms with van der Waals surface area (Å²) >= 11 is 0. The Morgan fingerprint density at radius 1 is 0.265 bits per heavy atom. The molecule has 680 valence electrons. The van der Waals surface area contributed by atoms with Gasteiger partial charge in [-0.2, -0.15) is 0 Å². The summed E-state index contributed by atoms with van der Waals surface area (Å²) in [6.45, 7) is 43.9. The zero-order valence-corrected chi connectivity index (χ0v) is 80.3. The van der Waals surface area contributed by atoms with Crippen molar-refractivity contribution in [2.45, 2.75) is 254 Å². The van der Waals surface area contributed by atoms with E-state index >= 15 is 0 Å². The van der Waals surface area contributed by atoms with E-state index in [9.17, 15) is 0 Å². The standard InChI is InChI=1S/C28H33NO.C25H29NO.C23H25NO.2C22H24N2O/c1-18-10-11-23-22-8-4-5-9-24(22)30-26(23)25(18)27-15-20-14-21(16-27)28(12-6-3-7-13-28)29(17-20)19(27)2;1-15-9-10-20-19-7-5-6-8-21(19)27-23(20)22(15)25-12-17-11-18(13-25)24(3,4)26(14-17)16(25)2;1-14-7-8-19-18-5-3-4-6-20(18)25-22(19)21(14)23-10-16-9-17(11-23)13-24(12-16)15(23)2;2*1-14-7-8-18-17-5-3-4-6-19(17)25-21(18)20(14)22-9-16-10-23(12-22)13-24(11-16)15(22)2/h4-5,8-11,19-21H,3,6-7,12-17H2,1-2H3;5-10,16-18H,11-14H2,1-4H3;3-8,15-17H,9-13H2,1-2H3;2*3-8,15-16H,9-13H2,1-2H3. The monoisotopic (exact) mass is 1750 g/mol. The molecule has 132 heavy (non-hydrogen) atoms. The minimum Gasteiger partial charge on any atom is -0.456 e. The van der Waals surface area contributed by atoms with Gasteiger partial charge in [-0.25, -0.2) is 0 Å². The summed E-state index contributed by atoms with van der Waals surface area (Å²) in [5, 5.41) is 12.8. The Morgan fingerprint density at radius 2 is 0.561 bits per heavy atom. The molecule has 21 fully saturated rings. The van der Waals surface area contributed by atoms with E-state index in [1.807, 2.05) is 0 Å². The predicted molar refractivity (Wildman–Crippen MR) is 538 cm³/mol. The Kier molecular flexibility index (Phi) is 18.4. The molecule has 17 aliphatic heterocycles. The summed E-state index contributed by atoms with van der Waals surface area (Å²) in [5.74, 6) is 6.74. The van der Waals surface area contributed by atoms with Crippen LogP contribution in [0.1, 0.15) is 207 Å². The van der Waals surface area contributed by atoms with Crippen LogP contribution in [0.15, 0.2) is 204 Å². The molecule has 4 aliphatic carbocycles. The number of fused-ring (bicyclic) bond motifs is 15. The van der Waals surface area contributed by atoms with Gasteiger partial charge in [0.15, 0.2) is 0 Å². The highest BCUT2D eigenvalue weighted by molar-refractivity contribution is 6.10. The fraction of sp³-hybridized carbons (Fsp3) is 0.500. The van der Waals surface area contributed by atoms with Crippen LogP contribution < -0.4 is 0 Å². The number of piperidine rings is 13. The number of aryl methyl sites for hydroxylation is 5. The summed E-state index contributed by atoms with van der Waals surface area (Å²) in [6, 6.07) is 68.6. The van der Waals surface area contributed by atoms with Crippen LogP contribution in [0.3, 0.4) is 0 Å². The minimum absolute atomic E-state index is 0.205. The number of hydrogen-bond donors (Lipinski definition) is 0. The molecule has 4 saturated carbocycles. The van der Waals surface area contributed by atoms with Crippen LogP contribution in [0.25, 0.3) is 110 Å². The Bertz CT molecular complexity index is 6780. The lowest BCUT2D eigenvalue weighted by atomic mass is 9.46. The third-order valence-corrected chi connectivity index (χ3v) is 40.4. The van der Waals surface area contributed by atoms with Gasteiger partial charge in [-0.1, -0.05) is 171 Å². The van der Waals surface area contributed by atoms with Gasteiger partial charge in [0.25, 0.3) is 0 Å². The number of para-hydroxylation sites is 5. The van der Waals surface area contributed by atoms with E-state index < -0.39 is 0 Å². The number of rotatable bonds is 5. The summed E-state index contributed by atoms with van der Waals surface area (Å²) in [6.07, 6.45) is 22.2. The summed E-state index contributed by atoms with van der Waals surface area (Å²) < 4.78 is 32.6. The van der Waals surface area contributed by atoms with Crippen LogP contribution >= 0.6 is 0 Å². The van der Waals surface area contributed by atoms with Crippen molar-refractivity contribution in [2.75, 3.05) is 78.8 Å². The minimum atomic E-state index is 0.205. The molecule has 22 heterocycles. The number of benzene rings is 10. The highest BCUT2D eigenvalue weighted by atomic mass is 16.3. The number of hydrogen-bond acceptors (Lipinski definition) is 12. The maximum atomic E-state index is 6.62. The molecule has 5 aromatic heterocycles. The first-order valence-corrected chi connectivity index (χ1v) is 51.8. The fourth-order valence-corrected chi connectivity index (χ4v) is 35.1. The molecule has 23 atom stereocenters. The van der Waals surface area contributed by atoms with Crippen LogP contribution in [-0.4, -0.2) is 154 Å². The van der Waals surface area contributed by atoms with Gasteiger partial charge >= 0.3 is 0 Å². The quantitative estimate of drug-likeness (QED) is 0.164. The third kappa shape index (κ3) is 11.6. The van der Waals surface area contributed by atoms with E-state index in [4.69, 9.17) is 22.1 Å². The molecule has 1 spiro atoms. The van der Waals surface area contributed by atoms with Crippen LogP contribution in [-0.2, 0) is 27.1 Å². The molecular weight excluding hydrogens is 1620 g/mol. The van der Waals surface area contributed by atoms with Crippen molar-refractivity contribution < 1.29 is 22.1 Å². The third-order valence-electron chi connectivity index (χ3n) is 40.4. The lowest BCUT2D eigenvalue weighted by molar-refractivity contribution is -0.182. The molecule has 20 bridgehead atoms. The van der Waals surface area contributed by atoms with E-state index in [-0.39, 0.29) is 27.1 Å². The first-order chi connectivity index (χ1) is 64.0. The topological polar surface area (TPSA) is 88.4 Å². The maximum Gasteiger partial charge on any atom is 0.139 e. The second-order valence-corrected chi connectivity index (χ2v) is 47.2. The van der Waals surface area contributed by atoms with Crippen molar-refractivity contribution in [3.8, 4) is 0 Å². The van der Waals surface area contributed by atoms with E-state index in [0.29, 0.717) is 41.3 Å². The van der Waals surface area contributed by atoms with Gasteiger partial charge in [-0.3, -0.25) is 34.3 Å². The number of furan rings is 5. The van der Waals surface area contributed by atoms with Crippen molar-refractivity contribution in [3.63, 3.8) is 0 Å². The molecular formula is C120H135N7O5. The second-order valence-electron chi connectivity index (χ2n) is 47.2. The smallest absolute Gasteiger partial charge is 0.139 e. The summed E-state index contributed by atoms with van der Waals surface area (Å²) in [4.78, 5) is 19.4. The molecule has 17 saturated heterocycles. The normalized spacial score (nSPS) is 36.7. The van der Waals surface area contributed by atoms with Crippen LogP contribution in [0.5, 0.6) is 0 Å². The van der Waals surface area contributed by atoms with Gasteiger partial charge in [0.1, 0.15) is 55.8 Å². The van der Waals surface area contributed by atoms with Gasteiger partial charge in [0.2, 0.25) is 0 Å². The molecule has 10 aromatic carbocycles. The molecule has 12 nitrogen and oxygen atoms in total. The molecule has 0 N–H and O–H groups in total. The first kappa shape index (κ1) is 82.4. The Labute approximate surface area is 779 Å². The highest BCUT2D eigenvalue weighted by Gasteiger charge is 2.67. The van der Waals surface area contributed by atoms with E-state index in [1.54, 1.807) is 5.56 Å². The first-order valence-electron chi connectivity index (χ1n) is 51.8. The van der Waals surface area contributed by atoms with Crippen molar-refractivity contribution in [1.82, 2.24) is 34.3 Å². The fourth-order valence-electron chi connectivity index (χ4n) is 35.1. The van der Waals surface area contributed by atoms with Crippen LogP contribution in [0.2, 0.25) is 0 Å². The summed E-state index contributed by atoms with van der Waals surface area (Å²) in [5.41, 5.74) is 27.5. The highest BCUT2D eigenvalue weighted by Crippen LogP contribution is 2.68. The summed E-state index contributed by atoms with van der Waals surface area (Å²) in [7, 11) is 0. The molecule has 36 rings (SSSR count).